The Bertz CT molecular complexity index is 675. The van der Waals surface area contributed by atoms with Crippen LogP contribution in [-0.4, -0.2) is 54.7 Å². The highest BCUT2D eigenvalue weighted by molar-refractivity contribution is 7.89. The monoisotopic (exact) mass is 337 g/mol. The van der Waals surface area contributed by atoms with Crippen LogP contribution in [0.15, 0.2) is 29.4 Å². The fourth-order valence-electron chi connectivity index (χ4n) is 3.70. The van der Waals surface area contributed by atoms with E-state index in [1.165, 1.54) is 10.5 Å². The third-order valence-electron chi connectivity index (χ3n) is 4.91. The van der Waals surface area contributed by atoms with Crippen molar-refractivity contribution < 1.29 is 13.2 Å². The number of aromatic nitrogens is 1. The molecule has 0 unspecified atom stereocenters. The van der Waals surface area contributed by atoms with Gasteiger partial charge in [-0.15, -0.1) is 0 Å². The van der Waals surface area contributed by atoms with Crippen molar-refractivity contribution >= 4 is 15.9 Å². The minimum absolute atomic E-state index is 0.134. The Balaban J connectivity index is 1.81. The molecule has 0 aliphatic carbocycles. The fourth-order valence-corrected chi connectivity index (χ4v) is 5.19. The summed E-state index contributed by atoms with van der Waals surface area (Å²) < 4.78 is 26.9. The quantitative estimate of drug-likeness (QED) is 0.835. The van der Waals surface area contributed by atoms with Crippen molar-refractivity contribution in [2.75, 3.05) is 26.2 Å². The Morgan fingerprint density at radius 1 is 1.30 bits per heavy atom. The van der Waals surface area contributed by atoms with E-state index in [-0.39, 0.29) is 10.8 Å². The molecule has 7 heteroatoms. The molecule has 0 saturated carbocycles. The third kappa shape index (κ3) is 2.87. The van der Waals surface area contributed by atoms with E-state index in [1.54, 1.807) is 18.3 Å². The summed E-state index contributed by atoms with van der Waals surface area (Å²) in [5.41, 5.74) is -0.525. The first-order chi connectivity index (χ1) is 11.0. The van der Waals surface area contributed by atoms with Gasteiger partial charge in [0.15, 0.2) is 0 Å². The Hall–Kier alpha value is -1.47. The zero-order valence-electron chi connectivity index (χ0n) is 13.4. The first kappa shape index (κ1) is 16.4. The molecule has 3 heterocycles. The van der Waals surface area contributed by atoms with Crippen LogP contribution in [0.25, 0.3) is 0 Å². The molecule has 1 amide bonds. The molecular weight excluding hydrogens is 314 g/mol. The van der Waals surface area contributed by atoms with Crippen molar-refractivity contribution in [2.24, 2.45) is 5.41 Å². The summed E-state index contributed by atoms with van der Waals surface area (Å²) in [7, 11) is -3.57. The van der Waals surface area contributed by atoms with Crippen molar-refractivity contribution in [3.8, 4) is 0 Å². The minimum Gasteiger partial charge on any atom is -0.342 e. The van der Waals surface area contributed by atoms with E-state index in [9.17, 15) is 13.2 Å². The maximum Gasteiger partial charge on any atom is 0.244 e. The van der Waals surface area contributed by atoms with Gasteiger partial charge < -0.3 is 4.90 Å². The molecule has 1 spiro atoms. The molecule has 2 aliphatic rings. The Kier molecular flexibility index (Phi) is 4.42. The van der Waals surface area contributed by atoms with Gasteiger partial charge in [-0.3, -0.25) is 9.78 Å². The highest BCUT2D eigenvalue weighted by atomic mass is 32.2. The molecule has 2 aliphatic heterocycles. The van der Waals surface area contributed by atoms with Crippen LogP contribution in [0.4, 0.5) is 0 Å². The van der Waals surface area contributed by atoms with E-state index in [4.69, 9.17) is 0 Å². The molecule has 3 rings (SSSR count). The van der Waals surface area contributed by atoms with Gasteiger partial charge in [-0.1, -0.05) is 6.92 Å². The van der Waals surface area contributed by atoms with E-state index in [0.717, 1.165) is 32.4 Å². The lowest BCUT2D eigenvalue weighted by molar-refractivity contribution is -0.145. The van der Waals surface area contributed by atoms with E-state index in [2.05, 4.69) is 11.9 Å². The lowest BCUT2D eigenvalue weighted by atomic mass is 9.78. The van der Waals surface area contributed by atoms with E-state index in [0.29, 0.717) is 19.5 Å². The van der Waals surface area contributed by atoms with Gasteiger partial charge in [0.1, 0.15) is 4.90 Å². The molecule has 0 radical (unpaired) electrons. The van der Waals surface area contributed by atoms with Gasteiger partial charge in [-0.25, -0.2) is 8.42 Å². The maximum atomic E-state index is 12.8. The van der Waals surface area contributed by atoms with Crippen molar-refractivity contribution in [1.29, 1.82) is 0 Å². The van der Waals surface area contributed by atoms with Crippen LogP contribution in [-0.2, 0) is 14.8 Å². The summed E-state index contributed by atoms with van der Waals surface area (Å²) in [6, 6.07) is 3.17. The van der Waals surface area contributed by atoms with Crippen LogP contribution < -0.4 is 0 Å². The maximum absolute atomic E-state index is 12.8. The van der Waals surface area contributed by atoms with Crippen LogP contribution in [0.2, 0.25) is 0 Å². The summed E-state index contributed by atoms with van der Waals surface area (Å²) in [5, 5.41) is 0. The molecule has 0 aromatic carbocycles. The van der Waals surface area contributed by atoms with Crippen LogP contribution in [0.1, 0.15) is 32.6 Å². The lowest BCUT2D eigenvalue weighted by Gasteiger charge is -2.39. The SMILES string of the molecule is CCCN1CCC[C@]2(CCN(S(=O)(=O)c3cccnc3)C2)C1=O. The molecule has 2 fully saturated rings. The van der Waals surface area contributed by atoms with Crippen LogP contribution in [0.5, 0.6) is 0 Å². The Morgan fingerprint density at radius 2 is 2.13 bits per heavy atom. The number of piperidine rings is 1. The Morgan fingerprint density at radius 3 is 2.83 bits per heavy atom. The van der Waals surface area contributed by atoms with Gasteiger partial charge >= 0.3 is 0 Å². The number of sulfonamides is 1. The van der Waals surface area contributed by atoms with Crippen molar-refractivity contribution in [3.63, 3.8) is 0 Å². The number of amides is 1. The molecule has 126 valence electrons. The first-order valence-electron chi connectivity index (χ1n) is 8.19. The minimum atomic E-state index is -3.57. The summed E-state index contributed by atoms with van der Waals surface area (Å²) >= 11 is 0. The molecular formula is C16H23N3O3S. The van der Waals surface area contributed by atoms with E-state index < -0.39 is 15.4 Å². The summed E-state index contributed by atoms with van der Waals surface area (Å²) in [6.07, 6.45) is 6.20. The van der Waals surface area contributed by atoms with Crippen LogP contribution in [0, 0.1) is 5.41 Å². The Labute approximate surface area is 137 Å². The van der Waals surface area contributed by atoms with E-state index >= 15 is 0 Å². The van der Waals surface area contributed by atoms with E-state index in [1.807, 2.05) is 4.90 Å². The van der Waals surface area contributed by atoms with Crippen molar-refractivity contribution in [2.45, 2.75) is 37.5 Å². The summed E-state index contributed by atoms with van der Waals surface area (Å²) in [5.74, 6) is 0.134. The van der Waals surface area contributed by atoms with Crippen LogP contribution in [0.3, 0.4) is 0 Å². The third-order valence-corrected chi connectivity index (χ3v) is 6.74. The van der Waals surface area contributed by atoms with Gasteiger partial charge in [-0.2, -0.15) is 4.31 Å². The second-order valence-electron chi connectivity index (χ2n) is 6.45. The average molecular weight is 337 g/mol. The number of hydrogen-bond acceptors (Lipinski definition) is 4. The predicted octanol–water partition coefficient (Wildman–Crippen LogP) is 1.49. The average Bonchev–Trinajstić information content (AvgIpc) is 2.99. The molecule has 23 heavy (non-hydrogen) atoms. The molecule has 6 nitrogen and oxygen atoms in total. The standard InChI is InChI=1S/C16H23N3O3S/c1-2-9-18-10-4-6-16(15(18)20)7-11-19(13-16)23(21,22)14-5-3-8-17-12-14/h3,5,8,12H,2,4,6-7,9-11,13H2,1H3/t16-/m1/s1. The van der Waals surface area contributed by atoms with Gasteiger partial charge in [-0.05, 0) is 37.8 Å². The lowest BCUT2D eigenvalue weighted by Crippen LogP contribution is -2.50. The van der Waals surface area contributed by atoms with Gasteiger partial charge in [0, 0.05) is 38.6 Å². The smallest absolute Gasteiger partial charge is 0.244 e. The number of carbonyl (C=O) groups is 1. The van der Waals surface area contributed by atoms with Gasteiger partial charge in [0.2, 0.25) is 15.9 Å². The molecule has 1 aromatic heterocycles. The largest absolute Gasteiger partial charge is 0.342 e. The number of pyridine rings is 1. The zero-order chi connectivity index (χ0) is 16.5. The molecule has 2 saturated heterocycles. The molecule has 1 atom stereocenters. The number of hydrogen-bond donors (Lipinski definition) is 0. The first-order valence-corrected chi connectivity index (χ1v) is 9.63. The number of rotatable bonds is 4. The van der Waals surface area contributed by atoms with Gasteiger partial charge in [0.05, 0.1) is 5.41 Å². The molecule has 0 N–H and O–H groups in total. The van der Waals surface area contributed by atoms with Crippen molar-refractivity contribution in [1.82, 2.24) is 14.2 Å². The van der Waals surface area contributed by atoms with Gasteiger partial charge in [0.25, 0.3) is 0 Å². The molecule has 0 bridgehead atoms. The number of likely N-dealkylation sites (tertiary alicyclic amines) is 1. The molecule has 1 aromatic rings. The van der Waals surface area contributed by atoms with Crippen molar-refractivity contribution in [3.05, 3.63) is 24.5 Å². The highest BCUT2D eigenvalue weighted by Crippen LogP contribution is 2.41. The predicted molar refractivity (Wildman–Crippen MR) is 86.2 cm³/mol. The zero-order valence-corrected chi connectivity index (χ0v) is 14.3. The summed E-state index contributed by atoms with van der Waals surface area (Å²) in [6.45, 7) is 4.31. The summed E-state index contributed by atoms with van der Waals surface area (Å²) in [4.78, 5) is 18.8. The normalized spacial score (nSPS) is 26.1. The second-order valence-corrected chi connectivity index (χ2v) is 8.39. The van der Waals surface area contributed by atoms with Crippen LogP contribution >= 0.6 is 0 Å². The number of nitrogens with zero attached hydrogens (tertiary/aromatic N) is 3. The number of carbonyl (C=O) groups excluding carboxylic acids is 1. The second kappa shape index (κ2) is 6.20. The topological polar surface area (TPSA) is 70.6 Å². The fraction of sp³-hybridized carbons (Fsp3) is 0.625. The highest BCUT2D eigenvalue weighted by Gasteiger charge is 2.50.